The molecule has 0 radical (unpaired) electrons. The van der Waals surface area contributed by atoms with Gasteiger partial charge in [0.05, 0.1) is 4.92 Å². The van der Waals surface area contributed by atoms with Gasteiger partial charge >= 0.3 is 0 Å². The molecule has 2 N–H and O–H groups in total. The average molecular weight is 233 g/mol. The summed E-state index contributed by atoms with van der Waals surface area (Å²) in [6.07, 6.45) is 0. The van der Waals surface area contributed by atoms with E-state index < -0.39 is 4.92 Å². The number of amides is 1. The molecular weight excluding hydrogens is 222 g/mol. The molecule has 0 unspecified atom stereocenters. The Labute approximate surface area is 96.8 Å². The van der Waals surface area contributed by atoms with Crippen molar-refractivity contribution in [3.63, 3.8) is 0 Å². The Hall–Kier alpha value is -2.37. The minimum Gasteiger partial charge on any atom is -0.351 e. The van der Waals surface area contributed by atoms with Gasteiger partial charge < -0.3 is 10.3 Å². The van der Waals surface area contributed by atoms with Crippen LogP contribution >= 0.6 is 0 Å². The summed E-state index contributed by atoms with van der Waals surface area (Å²) in [5.74, 6) is -0.266. The van der Waals surface area contributed by atoms with E-state index in [0.717, 1.165) is 0 Å². The number of aromatic amines is 1. The van der Waals surface area contributed by atoms with Gasteiger partial charge in [-0.1, -0.05) is 12.1 Å². The number of para-hydroxylation sites is 1. The van der Waals surface area contributed by atoms with Gasteiger partial charge in [0, 0.05) is 18.0 Å². The number of carbonyl (C=O) groups excluding carboxylic acids is 1. The number of rotatable bonds is 3. The number of hydrogen-bond donors (Lipinski definition) is 2. The Morgan fingerprint density at radius 1 is 1.53 bits per heavy atom. The van der Waals surface area contributed by atoms with Crippen LogP contribution in [-0.2, 0) is 0 Å². The van der Waals surface area contributed by atoms with Crippen LogP contribution in [0.3, 0.4) is 0 Å². The molecule has 1 aromatic heterocycles. The summed E-state index contributed by atoms with van der Waals surface area (Å²) in [4.78, 5) is 24.7. The lowest BCUT2D eigenvalue weighted by molar-refractivity contribution is -0.383. The van der Waals surface area contributed by atoms with Gasteiger partial charge in [0.1, 0.15) is 11.2 Å². The molecular formula is C11H11N3O3. The van der Waals surface area contributed by atoms with E-state index in [1.807, 2.05) is 6.92 Å². The monoisotopic (exact) mass is 233 g/mol. The molecule has 0 aliphatic rings. The molecule has 88 valence electrons. The third-order valence-electron chi connectivity index (χ3n) is 2.41. The van der Waals surface area contributed by atoms with Crippen LogP contribution in [0.15, 0.2) is 24.3 Å². The molecule has 2 rings (SSSR count). The second-order valence-electron chi connectivity index (χ2n) is 3.54. The van der Waals surface area contributed by atoms with Crippen molar-refractivity contribution in [2.75, 3.05) is 6.54 Å². The van der Waals surface area contributed by atoms with Crippen LogP contribution in [0.2, 0.25) is 0 Å². The number of fused-ring (bicyclic) bond motifs is 1. The van der Waals surface area contributed by atoms with Crippen molar-refractivity contribution in [3.05, 3.63) is 40.1 Å². The van der Waals surface area contributed by atoms with Gasteiger partial charge in [-0.15, -0.1) is 0 Å². The molecule has 0 bridgehead atoms. The van der Waals surface area contributed by atoms with Crippen molar-refractivity contribution in [2.24, 2.45) is 0 Å². The normalized spacial score (nSPS) is 10.4. The summed E-state index contributed by atoms with van der Waals surface area (Å²) in [7, 11) is 0. The van der Waals surface area contributed by atoms with E-state index >= 15 is 0 Å². The molecule has 0 fully saturated rings. The first kappa shape index (κ1) is 11.1. The molecule has 1 heterocycles. The first-order valence-corrected chi connectivity index (χ1v) is 5.17. The van der Waals surface area contributed by atoms with Crippen LogP contribution < -0.4 is 5.32 Å². The van der Waals surface area contributed by atoms with E-state index in [0.29, 0.717) is 23.1 Å². The number of benzene rings is 1. The molecule has 0 atom stereocenters. The van der Waals surface area contributed by atoms with Crippen molar-refractivity contribution in [2.45, 2.75) is 6.92 Å². The highest BCUT2D eigenvalue weighted by Crippen LogP contribution is 2.25. The summed E-state index contributed by atoms with van der Waals surface area (Å²) in [6.45, 7) is 2.32. The van der Waals surface area contributed by atoms with Gasteiger partial charge in [-0.05, 0) is 13.0 Å². The number of carbonyl (C=O) groups is 1. The fraction of sp³-hybridized carbons (Fsp3) is 0.182. The SMILES string of the molecule is CCNC(=O)c1cc2cccc([N+](=O)[O-])c2[nH]1. The van der Waals surface area contributed by atoms with Crippen LogP contribution in [0.4, 0.5) is 5.69 Å². The second-order valence-corrected chi connectivity index (χ2v) is 3.54. The zero-order chi connectivity index (χ0) is 12.4. The van der Waals surface area contributed by atoms with E-state index in [1.54, 1.807) is 18.2 Å². The number of hydrogen-bond acceptors (Lipinski definition) is 3. The van der Waals surface area contributed by atoms with E-state index in [9.17, 15) is 14.9 Å². The molecule has 1 amide bonds. The van der Waals surface area contributed by atoms with Crippen molar-refractivity contribution >= 4 is 22.5 Å². The quantitative estimate of drug-likeness (QED) is 0.626. The van der Waals surface area contributed by atoms with Crippen molar-refractivity contribution in [3.8, 4) is 0 Å². The Morgan fingerprint density at radius 2 is 2.29 bits per heavy atom. The standard InChI is InChI=1S/C11H11N3O3/c1-2-12-11(15)8-6-7-4-3-5-9(14(16)17)10(7)13-8/h3-6,13H,2H2,1H3,(H,12,15). The molecule has 0 aliphatic carbocycles. The van der Waals surface area contributed by atoms with E-state index in [4.69, 9.17) is 0 Å². The highest BCUT2D eigenvalue weighted by atomic mass is 16.6. The lowest BCUT2D eigenvalue weighted by Crippen LogP contribution is -2.22. The molecule has 6 nitrogen and oxygen atoms in total. The molecule has 0 saturated carbocycles. The van der Waals surface area contributed by atoms with Gasteiger partial charge in [-0.25, -0.2) is 0 Å². The van der Waals surface area contributed by atoms with Crippen LogP contribution in [0, 0.1) is 10.1 Å². The van der Waals surface area contributed by atoms with Gasteiger partial charge in [0.15, 0.2) is 0 Å². The first-order chi connectivity index (χ1) is 8.13. The Bertz CT molecular complexity index is 589. The highest BCUT2D eigenvalue weighted by molar-refractivity contribution is 6.00. The van der Waals surface area contributed by atoms with Gasteiger partial charge in [-0.3, -0.25) is 14.9 Å². The minimum absolute atomic E-state index is 0.0296. The number of nitrogens with zero attached hydrogens (tertiary/aromatic N) is 1. The van der Waals surface area contributed by atoms with Crippen molar-refractivity contribution in [1.29, 1.82) is 0 Å². The summed E-state index contributed by atoms with van der Waals surface area (Å²) < 4.78 is 0. The third kappa shape index (κ3) is 1.96. The number of nitrogens with one attached hydrogen (secondary N) is 2. The Morgan fingerprint density at radius 3 is 2.94 bits per heavy atom. The van der Waals surface area contributed by atoms with Gasteiger partial charge in [0.25, 0.3) is 11.6 Å². The van der Waals surface area contributed by atoms with Gasteiger partial charge in [-0.2, -0.15) is 0 Å². The summed E-state index contributed by atoms with van der Waals surface area (Å²) in [6, 6.07) is 6.32. The fourth-order valence-electron chi connectivity index (χ4n) is 1.67. The maximum atomic E-state index is 11.6. The molecule has 0 aliphatic heterocycles. The van der Waals surface area contributed by atoms with Crippen molar-refractivity contribution < 1.29 is 9.72 Å². The zero-order valence-corrected chi connectivity index (χ0v) is 9.19. The number of aromatic nitrogens is 1. The topological polar surface area (TPSA) is 88.0 Å². The van der Waals surface area contributed by atoms with Crippen LogP contribution in [0.1, 0.15) is 17.4 Å². The lowest BCUT2D eigenvalue weighted by atomic mass is 10.2. The van der Waals surface area contributed by atoms with Gasteiger partial charge in [0.2, 0.25) is 0 Å². The van der Waals surface area contributed by atoms with E-state index in [1.165, 1.54) is 6.07 Å². The smallest absolute Gasteiger partial charge is 0.293 e. The van der Waals surface area contributed by atoms with E-state index in [-0.39, 0.29) is 11.6 Å². The fourth-order valence-corrected chi connectivity index (χ4v) is 1.67. The summed E-state index contributed by atoms with van der Waals surface area (Å²) in [5.41, 5.74) is 0.674. The number of nitro groups is 1. The number of non-ortho nitro benzene ring substituents is 1. The van der Waals surface area contributed by atoms with Crippen LogP contribution in [0.25, 0.3) is 10.9 Å². The molecule has 2 aromatic rings. The first-order valence-electron chi connectivity index (χ1n) is 5.17. The van der Waals surface area contributed by atoms with Crippen LogP contribution in [0.5, 0.6) is 0 Å². The maximum Gasteiger partial charge on any atom is 0.293 e. The third-order valence-corrected chi connectivity index (χ3v) is 2.41. The van der Waals surface area contributed by atoms with Crippen molar-refractivity contribution in [1.82, 2.24) is 10.3 Å². The lowest BCUT2D eigenvalue weighted by Gasteiger charge is -1.97. The minimum atomic E-state index is -0.472. The van der Waals surface area contributed by atoms with E-state index in [2.05, 4.69) is 10.3 Å². The summed E-state index contributed by atoms with van der Waals surface area (Å²) in [5, 5.41) is 14.1. The Balaban J connectivity index is 2.54. The molecule has 17 heavy (non-hydrogen) atoms. The number of nitro benzene ring substituents is 1. The summed E-state index contributed by atoms with van der Waals surface area (Å²) >= 11 is 0. The highest BCUT2D eigenvalue weighted by Gasteiger charge is 2.16. The molecule has 0 spiro atoms. The second kappa shape index (κ2) is 4.25. The maximum absolute atomic E-state index is 11.6. The average Bonchev–Trinajstić information content (AvgIpc) is 2.72. The molecule has 6 heteroatoms. The Kier molecular flexibility index (Phi) is 2.78. The predicted molar refractivity (Wildman–Crippen MR) is 63.0 cm³/mol. The predicted octanol–water partition coefficient (Wildman–Crippen LogP) is 1.83. The number of H-pyrrole nitrogens is 1. The zero-order valence-electron chi connectivity index (χ0n) is 9.19. The van der Waals surface area contributed by atoms with Crippen LogP contribution in [-0.4, -0.2) is 22.4 Å². The molecule has 1 aromatic carbocycles. The largest absolute Gasteiger partial charge is 0.351 e. The molecule has 0 saturated heterocycles.